The molecule has 0 amide bonds. The first-order valence-electron chi connectivity index (χ1n) is 27.3. The van der Waals surface area contributed by atoms with Crippen molar-refractivity contribution < 1.29 is 34.8 Å². The molecule has 4 N–H and O–H groups in total. The third kappa shape index (κ3) is 6.02. The second kappa shape index (κ2) is 14.8. The number of carbonyl (C=O) groups excluding carboxylic acids is 2. The molecule has 67 heavy (non-hydrogen) atoms. The van der Waals surface area contributed by atoms with Crippen molar-refractivity contribution in [3.63, 3.8) is 0 Å². The molecule has 0 aromatic rings. The molecular weight excluding hydrogens is 833 g/mol. The lowest BCUT2D eigenvalue weighted by Crippen LogP contribution is -2.64. The van der Waals surface area contributed by atoms with E-state index < -0.39 is 33.9 Å². The van der Waals surface area contributed by atoms with E-state index in [9.17, 15) is 20.4 Å². The zero-order chi connectivity index (χ0) is 48.6. The predicted molar refractivity (Wildman–Crippen MR) is 264 cm³/mol. The van der Waals surface area contributed by atoms with Crippen LogP contribution in [0.15, 0.2) is 46.6 Å². The Morgan fingerprint density at radius 1 is 0.507 bits per heavy atom. The average molecular weight is 923 g/mol. The van der Waals surface area contributed by atoms with Crippen LogP contribution in [0.1, 0.15) is 199 Å². The quantitative estimate of drug-likeness (QED) is 0.163. The molecule has 10 aliphatic rings. The molecule has 6 fully saturated rings. The van der Waals surface area contributed by atoms with E-state index in [-0.39, 0.29) is 92.1 Å². The second-order valence-corrected chi connectivity index (χ2v) is 29.1. The van der Waals surface area contributed by atoms with Crippen molar-refractivity contribution >= 4 is 11.9 Å². The van der Waals surface area contributed by atoms with Crippen molar-refractivity contribution in [3.8, 4) is 0 Å². The minimum atomic E-state index is -0.837. The van der Waals surface area contributed by atoms with E-state index in [0.717, 1.165) is 77.0 Å². The van der Waals surface area contributed by atoms with Gasteiger partial charge in [-0.25, -0.2) is 0 Å². The molecule has 10 rings (SSSR count). The number of fused-ring (bicyclic) bond motifs is 12. The van der Waals surface area contributed by atoms with Crippen LogP contribution < -0.4 is 0 Å². The number of ether oxygens (including phenoxy) is 1. The maximum absolute atomic E-state index is 15.6. The Labute approximate surface area is 404 Å². The summed E-state index contributed by atoms with van der Waals surface area (Å²) in [7, 11) is 0. The van der Waals surface area contributed by atoms with Crippen molar-refractivity contribution in [2.24, 2.45) is 88.7 Å². The molecule has 16 atom stereocenters. The number of rotatable bonds is 4. The minimum absolute atomic E-state index is 0.00190. The number of esters is 2. The number of allylic oxidation sites excluding steroid dienone is 6. The number of aliphatic hydroxyl groups is 4. The van der Waals surface area contributed by atoms with Gasteiger partial charge in [-0.3, -0.25) is 9.59 Å². The number of carbonyl (C=O) groups is 2. The number of hydrogen-bond acceptors (Lipinski definition) is 7. The Balaban J connectivity index is 1.02. The zero-order valence-electron chi connectivity index (χ0n) is 43.9. The van der Waals surface area contributed by atoms with Gasteiger partial charge in [0.25, 0.3) is 0 Å². The third-order valence-electron chi connectivity index (χ3n) is 25.3. The molecule has 7 nitrogen and oxygen atoms in total. The minimum Gasteiger partial charge on any atom is -0.396 e. The van der Waals surface area contributed by atoms with Crippen molar-refractivity contribution in [1.82, 2.24) is 0 Å². The van der Waals surface area contributed by atoms with E-state index in [0.29, 0.717) is 38.5 Å². The van der Waals surface area contributed by atoms with Crippen LogP contribution in [0.3, 0.4) is 0 Å². The molecule has 7 heteroatoms. The van der Waals surface area contributed by atoms with Gasteiger partial charge in [0.2, 0.25) is 0 Å². The summed E-state index contributed by atoms with van der Waals surface area (Å²) in [4.78, 5) is 31.1. The van der Waals surface area contributed by atoms with E-state index in [4.69, 9.17) is 4.74 Å². The summed E-state index contributed by atoms with van der Waals surface area (Å²) in [5.74, 6) is 0.376. The van der Waals surface area contributed by atoms with Crippen LogP contribution in [0, 0.1) is 88.7 Å². The van der Waals surface area contributed by atoms with Crippen LogP contribution in [0.2, 0.25) is 0 Å². The van der Waals surface area contributed by atoms with Crippen LogP contribution in [-0.4, -0.2) is 57.8 Å². The highest BCUT2D eigenvalue weighted by Gasteiger charge is 2.71. The van der Waals surface area contributed by atoms with E-state index in [1.54, 1.807) is 0 Å². The Bertz CT molecular complexity index is 2090. The lowest BCUT2D eigenvalue weighted by Gasteiger charge is -2.69. The number of hydrogen-bond donors (Lipinski definition) is 4. The highest BCUT2D eigenvalue weighted by Crippen LogP contribution is 2.77. The van der Waals surface area contributed by atoms with Gasteiger partial charge in [-0.1, -0.05) is 107 Å². The summed E-state index contributed by atoms with van der Waals surface area (Å²) in [5, 5.41) is 44.1. The van der Waals surface area contributed by atoms with Gasteiger partial charge in [0.1, 0.15) is 0 Å². The van der Waals surface area contributed by atoms with Crippen LogP contribution in [0.25, 0.3) is 0 Å². The maximum Gasteiger partial charge on any atom is 0.323 e. The molecule has 0 spiro atoms. The Hall–Kier alpha value is -2.06. The smallest absolute Gasteiger partial charge is 0.323 e. The van der Waals surface area contributed by atoms with E-state index >= 15 is 9.59 Å². The summed E-state index contributed by atoms with van der Waals surface area (Å²) < 4.78 is 6.65. The molecule has 372 valence electrons. The first-order chi connectivity index (χ1) is 31.1. The Morgan fingerprint density at radius 2 is 0.866 bits per heavy atom. The van der Waals surface area contributed by atoms with Crippen LogP contribution in [0.5, 0.6) is 0 Å². The van der Waals surface area contributed by atoms with Crippen LogP contribution in [-0.2, 0) is 14.3 Å². The summed E-state index contributed by atoms with van der Waals surface area (Å²) >= 11 is 0. The van der Waals surface area contributed by atoms with Gasteiger partial charge in [-0.15, -0.1) is 0 Å². The fourth-order valence-corrected chi connectivity index (χ4v) is 20.2. The van der Waals surface area contributed by atoms with Gasteiger partial charge in [0.15, 0.2) is 0 Å². The van der Waals surface area contributed by atoms with Gasteiger partial charge in [0.05, 0.1) is 36.3 Å². The molecule has 5 unspecified atom stereocenters. The molecule has 0 saturated heterocycles. The highest BCUT2D eigenvalue weighted by atomic mass is 16.6. The summed E-state index contributed by atoms with van der Waals surface area (Å²) in [5.41, 5.74) is 1.77. The van der Waals surface area contributed by atoms with Crippen LogP contribution >= 0.6 is 0 Å². The molecule has 0 radical (unpaired) electrons. The molecule has 0 aromatic heterocycles. The van der Waals surface area contributed by atoms with Gasteiger partial charge in [0, 0.05) is 10.8 Å². The topological polar surface area (TPSA) is 124 Å². The summed E-state index contributed by atoms with van der Waals surface area (Å²) in [6, 6.07) is 0. The Morgan fingerprint density at radius 3 is 1.22 bits per heavy atom. The molecule has 0 aliphatic heterocycles. The van der Waals surface area contributed by atoms with E-state index in [1.165, 1.54) is 22.3 Å². The standard InChI is InChI=1S/C60H90O7/c1-49(2)25-29-59(31-27-55(9)37(39(59)33-49)13-15-43-51(5)21-19-45(63)53(7,35-61)41(51)17-23-57(43,55)11)47(65)67-48(66)60-30-26-50(3,4)34-40(60)38-14-16-44-52(6)22-20-46(64)54(8,36-62)42(52)18-24-58(44,12)56(38,10)28-32-60/h13-16,41-46,61-64H,17-36H2,1-12H3/t41?,42?,43?,44?,45-,46-,51+,52+,53+,54+,55-,56-,57-,58-,59+,60?/m1/s1. The van der Waals surface area contributed by atoms with Crippen molar-refractivity contribution in [2.45, 2.75) is 211 Å². The maximum atomic E-state index is 15.6. The van der Waals surface area contributed by atoms with Gasteiger partial charge < -0.3 is 25.2 Å². The summed E-state index contributed by atoms with van der Waals surface area (Å²) in [6.45, 7) is 28.5. The fourth-order valence-electron chi connectivity index (χ4n) is 20.2. The zero-order valence-corrected chi connectivity index (χ0v) is 43.9. The van der Waals surface area contributed by atoms with Gasteiger partial charge >= 0.3 is 11.9 Å². The van der Waals surface area contributed by atoms with E-state index in [1.807, 2.05) is 0 Å². The lowest BCUT2D eigenvalue weighted by atomic mass is 9.35. The lowest BCUT2D eigenvalue weighted by molar-refractivity contribution is -0.200. The highest BCUT2D eigenvalue weighted by molar-refractivity contribution is 5.95. The normalized spacial score (nSPS) is 52.5. The largest absolute Gasteiger partial charge is 0.396 e. The van der Waals surface area contributed by atoms with Crippen molar-refractivity contribution in [1.29, 1.82) is 0 Å². The van der Waals surface area contributed by atoms with Crippen molar-refractivity contribution in [2.75, 3.05) is 13.2 Å². The predicted octanol–water partition coefficient (Wildman–Crippen LogP) is 12.2. The molecule has 6 saturated carbocycles. The first-order valence-corrected chi connectivity index (χ1v) is 27.3. The molecule has 10 aliphatic carbocycles. The average Bonchev–Trinajstić information content (AvgIpc) is 3.26. The van der Waals surface area contributed by atoms with Gasteiger partial charge in [-0.2, -0.15) is 0 Å². The molecule has 0 bridgehead atoms. The second-order valence-electron chi connectivity index (χ2n) is 29.1. The monoisotopic (exact) mass is 923 g/mol. The number of aliphatic hydroxyl groups excluding tert-OH is 4. The summed E-state index contributed by atoms with van der Waals surface area (Å²) in [6.07, 6.45) is 23.9. The van der Waals surface area contributed by atoms with Crippen molar-refractivity contribution in [3.05, 3.63) is 46.6 Å². The van der Waals surface area contributed by atoms with E-state index in [2.05, 4.69) is 107 Å². The van der Waals surface area contributed by atoms with Crippen LogP contribution in [0.4, 0.5) is 0 Å². The SMILES string of the molecule is CC1(C)CCC2(C(=O)OC(=O)[C@]34CCC(C)(C)CC3=C3C=CC5[C@@]6(C)CC[C@@H](O)[C@@](C)(CO)C6CC[C@@]5(C)[C@]3(C)CC4)CC[C@]3(C)C(=C2C1)C=CC1[C@@]2(C)CC[C@@H](O)[C@@](C)(CO)C2CC[C@]13C. The first kappa shape index (κ1) is 48.6. The molecule has 0 heterocycles. The molecular formula is C60H90O7. The third-order valence-corrected chi connectivity index (χ3v) is 25.3. The van der Waals surface area contributed by atoms with Gasteiger partial charge in [-0.05, 0) is 205 Å². The molecule has 0 aromatic carbocycles. The Kier molecular flexibility index (Phi) is 10.7. The fraction of sp³-hybridized carbons (Fsp3) is 0.833.